The molecule has 1 aromatic carbocycles. The molecule has 2 aromatic rings. The summed E-state index contributed by atoms with van der Waals surface area (Å²) in [5.41, 5.74) is 4.01. The summed E-state index contributed by atoms with van der Waals surface area (Å²) < 4.78 is 2.03. The molecule has 1 N–H and O–H groups in total. The van der Waals surface area contributed by atoms with Crippen LogP contribution in [0, 0.1) is 19.8 Å². The molecule has 0 aliphatic carbocycles. The smallest absolute Gasteiger partial charge is 0.322 e. The molecule has 1 aromatic heterocycles. The summed E-state index contributed by atoms with van der Waals surface area (Å²) in [5.74, 6) is 0.302. The lowest BCUT2D eigenvalue weighted by atomic mass is 10.1. The zero-order valence-electron chi connectivity index (χ0n) is 20.1. The van der Waals surface area contributed by atoms with Crippen LogP contribution in [-0.4, -0.2) is 45.4 Å². The van der Waals surface area contributed by atoms with E-state index in [-0.39, 0.29) is 24.5 Å². The van der Waals surface area contributed by atoms with Crippen LogP contribution in [0.3, 0.4) is 0 Å². The third-order valence-electron chi connectivity index (χ3n) is 5.66. The van der Waals surface area contributed by atoms with E-state index < -0.39 is 0 Å². The van der Waals surface area contributed by atoms with E-state index in [1.165, 1.54) is 0 Å². The van der Waals surface area contributed by atoms with Gasteiger partial charge >= 0.3 is 6.03 Å². The highest BCUT2D eigenvalue weighted by molar-refractivity contribution is 5.93. The van der Waals surface area contributed by atoms with Crippen LogP contribution in [0.5, 0.6) is 0 Å². The molecular weight excluding hydrogens is 388 g/mol. The summed E-state index contributed by atoms with van der Waals surface area (Å²) in [6, 6.07) is 9.66. The van der Waals surface area contributed by atoms with Gasteiger partial charge in [0.1, 0.15) is 6.54 Å². The van der Waals surface area contributed by atoms with Crippen molar-refractivity contribution < 1.29 is 9.59 Å². The van der Waals surface area contributed by atoms with Gasteiger partial charge in [0.05, 0.1) is 6.54 Å². The van der Waals surface area contributed by atoms with Crippen molar-refractivity contribution in [3.05, 3.63) is 53.3 Å². The maximum atomic E-state index is 13.3. The summed E-state index contributed by atoms with van der Waals surface area (Å²) in [4.78, 5) is 30.0. The Morgan fingerprint density at radius 3 is 2.39 bits per heavy atom. The van der Waals surface area contributed by atoms with E-state index in [2.05, 4.69) is 19.2 Å². The molecule has 0 bridgehead atoms. The molecule has 31 heavy (non-hydrogen) atoms. The number of hydrogen-bond acceptors (Lipinski definition) is 2. The van der Waals surface area contributed by atoms with Crippen LogP contribution in [0.2, 0.25) is 0 Å². The van der Waals surface area contributed by atoms with Gasteiger partial charge in [-0.3, -0.25) is 4.79 Å². The monoisotopic (exact) mass is 426 g/mol. The highest BCUT2D eigenvalue weighted by Gasteiger charge is 2.26. The first-order valence-electron chi connectivity index (χ1n) is 11.1. The normalized spacial score (nSPS) is 12.0. The summed E-state index contributed by atoms with van der Waals surface area (Å²) in [6.45, 7) is 13.5. The lowest BCUT2D eigenvalue weighted by Crippen LogP contribution is -2.48. The number of aromatic nitrogens is 1. The Morgan fingerprint density at radius 1 is 1.13 bits per heavy atom. The average Bonchev–Trinajstić information content (AvgIpc) is 3.11. The Bertz CT molecular complexity index is 887. The van der Waals surface area contributed by atoms with Crippen molar-refractivity contribution in [2.45, 2.75) is 60.5 Å². The number of aryl methyl sites for hydroxylation is 3. The molecule has 6 nitrogen and oxygen atoms in total. The van der Waals surface area contributed by atoms with Crippen molar-refractivity contribution in [3.63, 3.8) is 0 Å². The minimum Gasteiger partial charge on any atom is -0.353 e. The Hall–Kier alpha value is -2.76. The Balaban J connectivity index is 2.18. The molecule has 0 spiro atoms. The summed E-state index contributed by atoms with van der Waals surface area (Å²) in [5, 5.41) is 3.00. The van der Waals surface area contributed by atoms with E-state index in [1.807, 2.05) is 80.7 Å². The number of nitrogens with zero attached hydrogens (tertiary/aromatic N) is 3. The fourth-order valence-corrected chi connectivity index (χ4v) is 3.59. The van der Waals surface area contributed by atoms with Gasteiger partial charge in [0.25, 0.3) is 0 Å². The molecule has 1 heterocycles. The first-order chi connectivity index (χ1) is 14.6. The Labute approximate surface area is 187 Å². The predicted molar refractivity (Wildman–Crippen MR) is 127 cm³/mol. The number of urea groups is 1. The lowest BCUT2D eigenvalue weighted by Gasteiger charge is -2.32. The second-order valence-corrected chi connectivity index (χ2v) is 8.91. The van der Waals surface area contributed by atoms with Crippen LogP contribution in [0.25, 0.3) is 0 Å². The minimum absolute atomic E-state index is 0.0361. The molecule has 0 radical (unpaired) electrons. The van der Waals surface area contributed by atoms with Crippen LogP contribution in [-0.2, 0) is 18.4 Å². The highest BCUT2D eigenvalue weighted by atomic mass is 16.2. The summed E-state index contributed by atoms with van der Waals surface area (Å²) >= 11 is 0. The molecule has 0 aliphatic rings. The Kier molecular flexibility index (Phi) is 8.72. The molecule has 3 amide bonds. The van der Waals surface area contributed by atoms with E-state index >= 15 is 0 Å². The van der Waals surface area contributed by atoms with Crippen molar-refractivity contribution in [1.82, 2.24) is 14.4 Å². The number of hydrogen-bond donors (Lipinski definition) is 1. The minimum atomic E-state index is -0.238. The van der Waals surface area contributed by atoms with Gasteiger partial charge in [-0.05, 0) is 56.9 Å². The average molecular weight is 427 g/mol. The fraction of sp³-hybridized carbons (Fsp3) is 0.520. The van der Waals surface area contributed by atoms with Crippen molar-refractivity contribution in [2.75, 3.05) is 18.4 Å². The van der Waals surface area contributed by atoms with Crippen LogP contribution >= 0.6 is 0 Å². The van der Waals surface area contributed by atoms with Crippen molar-refractivity contribution in [1.29, 1.82) is 0 Å². The SMILES string of the molecule is CC[C@H](C)N(CC(=O)N(Cc1cccn1C)CC(C)C)C(=O)Nc1ccc(C)cc1C. The molecule has 0 aliphatic heterocycles. The largest absolute Gasteiger partial charge is 0.353 e. The van der Waals surface area contributed by atoms with Gasteiger partial charge in [-0.2, -0.15) is 0 Å². The van der Waals surface area contributed by atoms with Gasteiger partial charge in [-0.25, -0.2) is 4.79 Å². The maximum Gasteiger partial charge on any atom is 0.322 e. The van der Waals surface area contributed by atoms with Gasteiger partial charge < -0.3 is 19.7 Å². The zero-order chi connectivity index (χ0) is 23.1. The van der Waals surface area contributed by atoms with Gasteiger partial charge in [-0.15, -0.1) is 0 Å². The number of carbonyl (C=O) groups excluding carboxylic acids is 2. The van der Waals surface area contributed by atoms with Crippen molar-refractivity contribution in [3.8, 4) is 0 Å². The van der Waals surface area contributed by atoms with Gasteiger partial charge in [0.15, 0.2) is 0 Å². The number of anilines is 1. The number of amides is 3. The predicted octanol–water partition coefficient (Wildman–Crippen LogP) is 4.96. The Morgan fingerprint density at radius 2 is 1.84 bits per heavy atom. The molecule has 1 atom stereocenters. The molecule has 2 rings (SSSR count). The third-order valence-corrected chi connectivity index (χ3v) is 5.66. The van der Waals surface area contributed by atoms with Crippen molar-refractivity contribution >= 4 is 17.6 Å². The fourth-order valence-electron chi connectivity index (χ4n) is 3.59. The van der Waals surface area contributed by atoms with Crippen LogP contribution < -0.4 is 5.32 Å². The zero-order valence-corrected chi connectivity index (χ0v) is 20.1. The standard InChI is InChI=1S/C25H38N4O2/c1-8-21(6)29(25(31)26-23-12-11-19(4)14-20(23)5)17-24(30)28(15-18(2)3)16-22-10-9-13-27(22)7/h9-14,18,21H,8,15-17H2,1-7H3,(H,26,31)/t21-/m0/s1. The number of rotatable bonds is 9. The first kappa shape index (κ1) is 24.5. The molecular formula is C25H38N4O2. The van der Waals surface area contributed by atoms with Crippen LogP contribution in [0.4, 0.5) is 10.5 Å². The summed E-state index contributed by atoms with van der Waals surface area (Å²) in [6.07, 6.45) is 2.76. The number of nitrogens with one attached hydrogen (secondary N) is 1. The molecule has 0 unspecified atom stereocenters. The lowest BCUT2D eigenvalue weighted by molar-refractivity contribution is -0.133. The van der Waals surface area contributed by atoms with Crippen molar-refractivity contribution in [2.24, 2.45) is 13.0 Å². The second-order valence-electron chi connectivity index (χ2n) is 8.91. The topological polar surface area (TPSA) is 57.6 Å². The third kappa shape index (κ3) is 6.88. The molecule has 0 fully saturated rings. The van der Waals surface area contributed by atoms with E-state index in [4.69, 9.17) is 0 Å². The van der Waals surface area contributed by atoms with E-state index in [0.29, 0.717) is 19.0 Å². The van der Waals surface area contributed by atoms with Crippen LogP contribution in [0.15, 0.2) is 36.5 Å². The second kappa shape index (κ2) is 11.0. The summed E-state index contributed by atoms with van der Waals surface area (Å²) in [7, 11) is 1.98. The van der Waals surface area contributed by atoms with E-state index in [1.54, 1.807) is 4.90 Å². The molecule has 0 saturated heterocycles. The quantitative estimate of drug-likeness (QED) is 0.616. The van der Waals surface area contributed by atoms with Crippen LogP contribution in [0.1, 0.15) is 50.9 Å². The molecule has 0 saturated carbocycles. The molecule has 6 heteroatoms. The maximum absolute atomic E-state index is 13.3. The van der Waals surface area contributed by atoms with Gasteiger partial charge in [0.2, 0.25) is 5.91 Å². The van der Waals surface area contributed by atoms with Gasteiger partial charge in [0, 0.05) is 37.2 Å². The first-order valence-corrected chi connectivity index (χ1v) is 11.1. The number of carbonyl (C=O) groups is 2. The number of benzene rings is 1. The highest BCUT2D eigenvalue weighted by Crippen LogP contribution is 2.18. The molecule has 170 valence electrons. The van der Waals surface area contributed by atoms with E-state index in [0.717, 1.165) is 28.9 Å². The van der Waals surface area contributed by atoms with E-state index in [9.17, 15) is 9.59 Å². The van der Waals surface area contributed by atoms with Gasteiger partial charge in [-0.1, -0.05) is 38.5 Å².